The van der Waals surface area contributed by atoms with E-state index in [2.05, 4.69) is 29.1 Å². The molecule has 0 aliphatic heterocycles. The average Bonchev–Trinajstić information content (AvgIpc) is 2.31. The number of rotatable bonds is 6. The van der Waals surface area contributed by atoms with Gasteiger partial charge in [-0.25, -0.2) is 9.97 Å². The molecule has 1 heterocycles. The first kappa shape index (κ1) is 13.4. The second-order valence-electron chi connectivity index (χ2n) is 5.03. The highest BCUT2D eigenvalue weighted by molar-refractivity contribution is 5.19. The Balaban J connectivity index is 2.09. The van der Waals surface area contributed by atoms with E-state index in [1.807, 2.05) is 6.20 Å². The molecule has 18 heavy (non-hydrogen) atoms. The first-order valence-electron chi connectivity index (χ1n) is 6.80. The summed E-state index contributed by atoms with van der Waals surface area (Å²) in [6.07, 6.45) is 6.37. The van der Waals surface area contributed by atoms with E-state index in [1.165, 1.54) is 12.0 Å². The number of hydrogen-bond donors (Lipinski definition) is 1. The molecule has 0 amide bonds. The zero-order valence-electron chi connectivity index (χ0n) is 11.6. The molecular weight excluding hydrogens is 226 g/mol. The summed E-state index contributed by atoms with van der Waals surface area (Å²) in [7, 11) is 1.76. The zero-order valence-corrected chi connectivity index (χ0v) is 11.6. The summed E-state index contributed by atoms with van der Waals surface area (Å²) in [6.45, 7) is 6.09. The van der Waals surface area contributed by atoms with Crippen molar-refractivity contribution in [2.45, 2.75) is 51.7 Å². The van der Waals surface area contributed by atoms with Crippen molar-refractivity contribution in [2.24, 2.45) is 0 Å². The number of nitrogens with one attached hydrogen (secondary N) is 1. The van der Waals surface area contributed by atoms with Crippen LogP contribution in [0.1, 0.15) is 49.7 Å². The SMILES string of the molecule is CCCNCc1cnc(C2(OC)CCC2)nc1C. The molecular formula is C14H23N3O. The van der Waals surface area contributed by atoms with Gasteiger partial charge in [0.2, 0.25) is 0 Å². The van der Waals surface area contributed by atoms with Crippen LogP contribution in [0.25, 0.3) is 0 Å². The average molecular weight is 249 g/mol. The first-order valence-corrected chi connectivity index (χ1v) is 6.80. The van der Waals surface area contributed by atoms with E-state index in [1.54, 1.807) is 7.11 Å². The molecule has 1 aromatic heterocycles. The molecule has 0 saturated heterocycles. The van der Waals surface area contributed by atoms with Gasteiger partial charge < -0.3 is 10.1 Å². The van der Waals surface area contributed by atoms with E-state index < -0.39 is 0 Å². The van der Waals surface area contributed by atoms with Crippen LogP contribution in [-0.4, -0.2) is 23.6 Å². The second kappa shape index (κ2) is 5.76. The monoisotopic (exact) mass is 249 g/mol. The minimum absolute atomic E-state index is 0.208. The molecule has 0 aromatic carbocycles. The molecule has 1 aliphatic carbocycles. The Bertz CT molecular complexity index is 397. The Hall–Kier alpha value is -1.00. The van der Waals surface area contributed by atoms with Gasteiger partial charge in [-0.2, -0.15) is 0 Å². The lowest BCUT2D eigenvalue weighted by molar-refractivity contribution is -0.0848. The maximum absolute atomic E-state index is 5.61. The Morgan fingerprint density at radius 1 is 1.44 bits per heavy atom. The van der Waals surface area contributed by atoms with Crippen molar-refractivity contribution in [3.05, 3.63) is 23.3 Å². The molecule has 0 spiro atoms. The van der Waals surface area contributed by atoms with Gasteiger partial charge in [-0.1, -0.05) is 6.92 Å². The summed E-state index contributed by atoms with van der Waals surface area (Å²) in [6, 6.07) is 0. The molecule has 100 valence electrons. The van der Waals surface area contributed by atoms with Crippen molar-refractivity contribution in [3.8, 4) is 0 Å². The molecule has 0 atom stereocenters. The Labute approximate surface area is 109 Å². The number of hydrogen-bond acceptors (Lipinski definition) is 4. The van der Waals surface area contributed by atoms with E-state index in [4.69, 9.17) is 4.74 Å². The third-order valence-corrected chi connectivity index (χ3v) is 3.78. The van der Waals surface area contributed by atoms with Crippen molar-refractivity contribution in [1.82, 2.24) is 15.3 Å². The summed E-state index contributed by atoms with van der Waals surface area (Å²) in [5.41, 5.74) is 2.03. The zero-order chi connectivity index (χ0) is 13.0. The fourth-order valence-corrected chi connectivity index (χ4v) is 2.30. The van der Waals surface area contributed by atoms with E-state index >= 15 is 0 Å². The van der Waals surface area contributed by atoms with Gasteiger partial charge in [-0.3, -0.25) is 0 Å². The maximum Gasteiger partial charge on any atom is 0.160 e. The smallest absolute Gasteiger partial charge is 0.160 e. The van der Waals surface area contributed by atoms with Crippen LogP contribution in [0.4, 0.5) is 0 Å². The minimum atomic E-state index is -0.208. The van der Waals surface area contributed by atoms with E-state index in [9.17, 15) is 0 Å². The molecule has 1 aromatic rings. The molecule has 1 aliphatic rings. The van der Waals surface area contributed by atoms with Crippen LogP contribution in [0.3, 0.4) is 0 Å². The molecule has 2 rings (SSSR count). The standard InChI is InChI=1S/C14H23N3O/c1-4-8-15-9-12-10-16-13(17-11(12)2)14(18-3)6-5-7-14/h10,15H,4-9H2,1-3H3. The normalized spacial score (nSPS) is 17.5. The number of ether oxygens (including phenoxy) is 1. The Kier molecular flexibility index (Phi) is 4.30. The molecule has 0 bridgehead atoms. The number of methoxy groups -OCH3 is 1. The van der Waals surface area contributed by atoms with Gasteiger partial charge in [-0.05, 0) is 39.2 Å². The lowest BCUT2D eigenvalue weighted by Gasteiger charge is -2.38. The molecule has 4 heteroatoms. The maximum atomic E-state index is 5.61. The lowest BCUT2D eigenvalue weighted by atomic mass is 9.79. The lowest BCUT2D eigenvalue weighted by Crippen LogP contribution is -2.38. The number of aromatic nitrogens is 2. The Morgan fingerprint density at radius 3 is 2.72 bits per heavy atom. The second-order valence-corrected chi connectivity index (χ2v) is 5.03. The minimum Gasteiger partial charge on any atom is -0.370 e. The van der Waals surface area contributed by atoms with Gasteiger partial charge in [0.25, 0.3) is 0 Å². The highest BCUT2D eigenvalue weighted by Crippen LogP contribution is 2.42. The van der Waals surface area contributed by atoms with Gasteiger partial charge in [0, 0.05) is 31.1 Å². The van der Waals surface area contributed by atoms with Crippen molar-refractivity contribution >= 4 is 0 Å². The van der Waals surface area contributed by atoms with Crippen LogP contribution < -0.4 is 5.32 Å². The van der Waals surface area contributed by atoms with Gasteiger partial charge in [0.05, 0.1) is 0 Å². The van der Waals surface area contributed by atoms with Crippen molar-refractivity contribution in [2.75, 3.05) is 13.7 Å². The van der Waals surface area contributed by atoms with Crippen LogP contribution >= 0.6 is 0 Å². The highest BCUT2D eigenvalue weighted by Gasteiger charge is 2.41. The highest BCUT2D eigenvalue weighted by atomic mass is 16.5. The first-order chi connectivity index (χ1) is 8.72. The molecule has 4 nitrogen and oxygen atoms in total. The molecule has 1 fully saturated rings. The molecule has 0 radical (unpaired) electrons. The predicted octanol–water partition coefficient (Wildman–Crippen LogP) is 2.31. The fraction of sp³-hybridized carbons (Fsp3) is 0.714. The summed E-state index contributed by atoms with van der Waals surface area (Å²) in [4.78, 5) is 9.15. The van der Waals surface area contributed by atoms with Crippen molar-refractivity contribution in [3.63, 3.8) is 0 Å². The summed E-state index contributed by atoms with van der Waals surface area (Å²) in [5.74, 6) is 0.855. The van der Waals surface area contributed by atoms with Crippen LogP contribution in [0.2, 0.25) is 0 Å². The molecule has 1 N–H and O–H groups in total. The predicted molar refractivity (Wildman–Crippen MR) is 71.3 cm³/mol. The van der Waals surface area contributed by atoms with Crippen LogP contribution in [0.5, 0.6) is 0 Å². The number of aryl methyl sites for hydroxylation is 1. The van der Waals surface area contributed by atoms with E-state index in [-0.39, 0.29) is 5.60 Å². The van der Waals surface area contributed by atoms with Gasteiger partial charge in [-0.15, -0.1) is 0 Å². The van der Waals surface area contributed by atoms with Crippen LogP contribution in [0.15, 0.2) is 6.20 Å². The summed E-state index contributed by atoms with van der Waals surface area (Å²) in [5, 5.41) is 3.38. The van der Waals surface area contributed by atoms with Crippen molar-refractivity contribution < 1.29 is 4.74 Å². The molecule has 1 saturated carbocycles. The Morgan fingerprint density at radius 2 is 2.22 bits per heavy atom. The summed E-state index contributed by atoms with van der Waals surface area (Å²) >= 11 is 0. The largest absolute Gasteiger partial charge is 0.370 e. The van der Waals surface area contributed by atoms with Gasteiger partial charge >= 0.3 is 0 Å². The van der Waals surface area contributed by atoms with E-state index in [0.717, 1.165) is 43.9 Å². The van der Waals surface area contributed by atoms with E-state index in [0.29, 0.717) is 0 Å². The third kappa shape index (κ3) is 2.54. The topological polar surface area (TPSA) is 47.0 Å². The van der Waals surface area contributed by atoms with Crippen LogP contribution in [0, 0.1) is 6.92 Å². The summed E-state index contributed by atoms with van der Waals surface area (Å²) < 4.78 is 5.61. The number of nitrogens with zero attached hydrogens (tertiary/aromatic N) is 2. The van der Waals surface area contributed by atoms with Gasteiger partial charge in [0.15, 0.2) is 5.82 Å². The van der Waals surface area contributed by atoms with Crippen LogP contribution in [-0.2, 0) is 16.9 Å². The van der Waals surface area contributed by atoms with Crippen molar-refractivity contribution in [1.29, 1.82) is 0 Å². The third-order valence-electron chi connectivity index (χ3n) is 3.78. The van der Waals surface area contributed by atoms with Gasteiger partial charge in [0.1, 0.15) is 5.60 Å². The fourth-order valence-electron chi connectivity index (χ4n) is 2.30. The quantitative estimate of drug-likeness (QED) is 0.786. The molecule has 0 unspecified atom stereocenters.